The van der Waals surface area contributed by atoms with Crippen molar-refractivity contribution in [3.8, 4) is 0 Å². The first kappa shape index (κ1) is 17.4. The number of likely N-dealkylation sites (N-methyl/N-ethyl adjacent to an activating group) is 1. The Kier molecular flexibility index (Phi) is 5.66. The molecule has 1 amide bonds. The molecule has 2 heterocycles. The van der Waals surface area contributed by atoms with Crippen LogP contribution in [-0.2, 0) is 6.54 Å². The van der Waals surface area contributed by atoms with Gasteiger partial charge in [0, 0.05) is 44.6 Å². The van der Waals surface area contributed by atoms with Gasteiger partial charge in [-0.2, -0.15) is 0 Å². The van der Waals surface area contributed by atoms with Crippen molar-refractivity contribution in [2.24, 2.45) is 0 Å². The van der Waals surface area contributed by atoms with Gasteiger partial charge in [-0.3, -0.25) is 9.78 Å². The van der Waals surface area contributed by atoms with Crippen LogP contribution in [-0.4, -0.2) is 48.5 Å². The topological polar surface area (TPSA) is 48.5 Å². The number of hydrogen-bond donors (Lipinski definition) is 1. The Morgan fingerprint density at radius 1 is 1.16 bits per heavy atom. The van der Waals surface area contributed by atoms with Crippen molar-refractivity contribution in [1.82, 2.24) is 15.2 Å². The summed E-state index contributed by atoms with van der Waals surface area (Å²) < 4.78 is 0. The largest absolute Gasteiger partial charge is 0.369 e. The number of aromatic nitrogens is 1. The Morgan fingerprint density at radius 3 is 2.68 bits per heavy atom. The van der Waals surface area contributed by atoms with Gasteiger partial charge in [0.25, 0.3) is 5.91 Å². The van der Waals surface area contributed by atoms with Gasteiger partial charge in [-0.15, -0.1) is 0 Å². The fraction of sp³-hybridized carbons (Fsp3) is 0.400. The van der Waals surface area contributed by atoms with E-state index in [0.29, 0.717) is 12.2 Å². The highest BCUT2D eigenvalue weighted by Crippen LogP contribution is 2.17. The molecule has 1 saturated heterocycles. The molecule has 1 aromatic carbocycles. The minimum absolute atomic E-state index is 0.129. The van der Waals surface area contributed by atoms with E-state index in [0.717, 1.165) is 44.0 Å². The predicted molar refractivity (Wildman–Crippen MR) is 101 cm³/mol. The maximum atomic E-state index is 12.4. The lowest BCUT2D eigenvalue weighted by molar-refractivity contribution is 0.0946. The van der Waals surface area contributed by atoms with E-state index in [2.05, 4.69) is 46.1 Å². The summed E-state index contributed by atoms with van der Waals surface area (Å²) in [4.78, 5) is 21.4. The van der Waals surface area contributed by atoms with Crippen LogP contribution in [0.25, 0.3) is 0 Å². The van der Waals surface area contributed by atoms with Crippen LogP contribution >= 0.6 is 0 Å². The Balaban J connectivity index is 1.61. The molecule has 1 aliphatic rings. The number of carbonyl (C=O) groups is 1. The van der Waals surface area contributed by atoms with Crippen molar-refractivity contribution in [3.63, 3.8) is 0 Å². The highest BCUT2D eigenvalue weighted by molar-refractivity contribution is 5.93. The number of rotatable bonds is 5. The smallest absolute Gasteiger partial charge is 0.270 e. The highest BCUT2D eigenvalue weighted by Gasteiger charge is 2.17. The molecule has 5 heteroatoms. The third-order valence-electron chi connectivity index (χ3n) is 4.70. The first-order chi connectivity index (χ1) is 12.2. The fourth-order valence-corrected chi connectivity index (χ4v) is 3.16. The first-order valence-corrected chi connectivity index (χ1v) is 8.93. The number of pyridine rings is 1. The summed E-state index contributed by atoms with van der Waals surface area (Å²) >= 11 is 0. The number of amides is 1. The van der Waals surface area contributed by atoms with Crippen LogP contribution in [0.3, 0.4) is 0 Å². The van der Waals surface area contributed by atoms with Gasteiger partial charge in [0.1, 0.15) is 5.69 Å². The van der Waals surface area contributed by atoms with E-state index in [1.165, 1.54) is 5.56 Å². The summed E-state index contributed by atoms with van der Waals surface area (Å²) in [6, 6.07) is 12.0. The molecule has 1 aromatic heterocycles. The second-order valence-corrected chi connectivity index (χ2v) is 6.49. The zero-order valence-corrected chi connectivity index (χ0v) is 15.0. The van der Waals surface area contributed by atoms with Gasteiger partial charge in [-0.05, 0) is 31.2 Å². The molecule has 5 nitrogen and oxygen atoms in total. The number of anilines is 1. The lowest BCUT2D eigenvalue weighted by Gasteiger charge is -2.35. The Bertz CT molecular complexity index is 723. The molecule has 0 aliphatic carbocycles. The van der Waals surface area contributed by atoms with Crippen molar-refractivity contribution >= 4 is 11.6 Å². The van der Waals surface area contributed by atoms with Crippen molar-refractivity contribution in [3.05, 3.63) is 59.4 Å². The van der Waals surface area contributed by atoms with Crippen LogP contribution in [0.15, 0.2) is 42.6 Å². The van der Waals surface area contributed by atoms with Crippen molar-refractivity contribution in [2.45, 2.75) is 20.4 Å². The van der Waals surface area contributed by atoms with Gasteiger partial charge in [0.05, 0.1) is 0 Å². The van der Waals surface area contributed by atoms with Gasteiger partial charge >= 0.3 is 0 Å². The quantitative estimate of drug-likeness (QED) is 0.910. The van der Waals surface area contributed by atoms with Gasteiger partial charge in [-0.25, -0.2) is 0 Å². The van der Waals surface area contributed by atoms with Crippen LogP contribution in [0.2, 0.25) is 0 Å². The molecule has 3 rings (SSSR count). The molecule has 1 aliphatic heterocycles. The lowest BCUT2D eigenvalue weighted by Crippen LogP contribution is -2.46. The Hall–Kier alpha value is -2.40. The summed E-state index contributed by atoms with van der Waals surface area (Å²) in [5.41, 5.74) is 3.84. The number of benzene rings is 1. The lowest BCUT2D eigenvalue weighted by atomic mass is 10.1. The monoisotopic (exact) mass is 338 g/mol. The molecule has 25 heavy (non-hydrogen) atoms. The molecule has 0 radical (unpaired) electrons. The average molecular weight is 338 g/mol. The molecule has 1 fully saturated rings. The molecular weight excluding hydrogens is 312 g/mol. The SMILES string of the molecule is CCN1CCN(c2ccnc(C(=O)NCc3cccc(C)c3)c2)CC1. The molecule has 0 bridgehead atoms. The van der Waals surface area contributed by atoms with Crippen molar-refractivity contribution in [2.75, 3.05) is 37.6 Å². The molecule has 0 spiro atoms. The van der Waals surface area contributed by atoms with E-state index >= 15 is 0 Å². The van der Waals surface area contributed by atoms with Crippen LogP contribution in [0, 0.1) is 6.92 Å². The number of nitrogens with zero attached hydrogens (tertiary/aromatic N) is 3. The molecule has 2 aromatic rings. The summed E-state index contributed by atoms with van der Waals surface area (Å²) in [6.07, 6.45) is 1.73. The third-order valence-corrected chi connectivity index (χ3v) is 4.70. The first-order valence-electron chi connectivity index (χ1n) is 8.93. The minimum Gasteiger partial charge on any atom is -0.369 e. The Morgan fingerprint density at radius 2 is 1.96 bits per heavy atom. The number of aryl methyl sites for hydroxylation is 1. The van der Waals surface area contributed by atoms with Crippen LogP contribution < -0.4 is 10.2 Å². The van der Waals surface area contributed by atoms with Crippen molar-refractivity contribution in [1.29, 1.82) is 0 Å². The van der Waals surface area contributed by atoms with E-state index in [4.69, 9.17) is 0 Å². The Labute approximate surface area is 149 Å². The summed E-state index contributed by atoms with van der Waals surface area (Å²) in [5, 5.41) is 2.96. The normalized spacial score (nSPS) is 15.2. The van der Waals surface area contributed by atoms with Crippen LogP contribution in [0.4, 0.5) is 5.69 Å². The zero-order chi connectivity index (χ0) is 17.6. The maximum absolute atomic E-state index is 12.4. The fourth-order valence-electron chi connectivity index (χ4n) is 3.16. The van der Waals surface area contributed by atoms with Crippen LogP contribution in [0.5, 0.6) is 0 Å². The molecule has 0 atom stereocenters. The minimum atomic E-state index is -0.129. The number of carbonyl (C=O) groups excluding carboxylic acids is 1. The van der Waals surface area contributed by atoms with E-state index in [1.807, 2.05) is 24.3 Å². The summed E-state index contributed by atoms with van der Waals surface area (Å²) in [7, 11) is 0. The van der Waals surface area contributed by atoms with Gasteiger partial charge < -0.3 is 15.1 Å². The standard InChI is InChI=1S/C20H26N4O/c1-3-23-9-11-24(12-10-23)18-7-8-21-19(14-18)20(25)22-15-17-6-4-5-16(2)13-17/h4-8,13-14H,3,9-12,15H2,1-2H3,(H,22,25). The van der Waals surface area contributed by atoms with Gasteiger partial charge in [0.2, 0.25) is 0 Å². The molecule has 0 saturated carbocycles. The van der Waals surface area contributed by atoms with Gasteiger partial charge in [0.15, 0.2) is 0 Å². The van der Waals surface area contributed by atoms with E-state index in [-0.39, 0.29) is 5.91 Å². The molecular formula is C20H26N4O. The molecule has 132 valence electrons. The van der Waals surface area contributed by atoms with Gasteiger partial charge in [-0.1, -0.05) is 36.8 Å². The van der Waals surface area contributed by atoms with E-state index in [9.17, 15) is 4.79 Å². The maximum Gasteiger partial charge on any atom is 0.270 e. The third kappa shape index (κ3) is 4.57. The number of nitrogens with one attached hydrogen (secondary N) is 1. The van der Waals surface area contributed by atoms with Crippen LogP contribution in [0.1, 0.15) is 28.5 Å². The van der Waals surface area contributed by atoms with Crippen molar-refractivity contribution < 1.29 is 4.79 Å². The highest BCUT2D eigenvalue weighted by atomic mass is 16.1. The zero-order valence-electron chi connectivity index (χ0n) is 15.0. The average Bonchev–Trinajstić information content (AvgIpc) is 2.66. The summed E-state index contributed by atoms with van der Waals surface area (Å²) in [6.45, 7) is 9.96. The number of hydrogen-bond acceptors (Lipinski definition) is 4. The van der Waals surface area contributed by atoms with E-state index in [1.54, 1.807) is 6.20 Å². The molecule has 0 unspecified atom stereocenters. The summed E-state index contributed by atoms with van der Waals surface area (Å²) in [5.74, 6) is -0.129. The number of piperazine rings is 1. The second kappa shape index (κ2) is 8.12. The molecule has 1 N–H and O–H groups in total. The predicted octanol–water partition coefficient (Wildman–Crippen LogP) is 2.46. The van der Waals surface area contributed by atoms with E-state index < -0.39 is 0 Å². The second-order valence-electron chi connectivity index (χ2n) is 6.49.